The summed E-state index contributed by atoms with van der Waals surface area (Å²) in [5.41, 5.74) is 4.28. The van der Waals surface area contributed by atoms with E-state index < -0.39 is 0 Å². The van der Waals surface area contributed by atoms with Crippen molar-refractivity contribution in [3.8, 4) is 40.0 Å². The second kappa shape index (κ2) is 9.96. The predicted octanol–water partition coefficient (Wildman–Crippen LogP) is 4.28. The molecule has 3 heterocycles. The number of methoxy groups -OCH3 is 1. The van der Waals surface area contributed by atoms with E-state index in [0.29, 0.717) is 34.3 Å². The second-order valence-electron chi connectivity index (χ2n) is 8.09. The van der Waals surface area contributed by atoms with Crippen molar-refractivity contribution in [2.24, 2.45) is 0 Å². The summed E-state index contributed by atoms with van der Waals surface area (Å²) in [6.45, 7) is 6.61. The minimum absolute atomic E-state index is 0. The Labute approximate surface area is 199 Å². The topological polar surface area (TPSA) is 108 Å². The highest BCUT2D eigenvalue weighted by Gasteiger charge is 2.19. The highest BCUT2D eigenvalue weighted by molar-refractivity contribution is 5.66. The summed E-state index contributed by atoms with van der Waals surface area (Å²) in [7, 11) is 3.50. The van der Waals surface area contributed by atoms with E-state index in [1.165, 1.54) is 0 Å². The lowest BCUT2D eigenvalue weighted by Crippen LogP contribution is -2.21. The average molecular weight is 463 g/mol. The first-order valence-electron chi connectivity index (χ1n) is 11.2. The largest absolute Gasteiger partial charge is 0.496 e. The van der Waals surface area contributed by atoms with Gasteiger partial charge in [-0.15, -0.1) is 10.2 Å². The van der Waals surface area contributed by atoms with Crippen molar-refractivity contribution in [2.45, 2.75) is 39.8 Å². The van der Waals surface area contributed by atoms with Crippen molar-refractivity contribution in [3.63, 3.8) is 0 Å². The molecule has 1 unspecified atom stereocenters. The van der Waals surface area contributed by atoms with Crippen molar-refractivity contribution >= 4 is 0 Å². The maximum absolute atomic E-state index is 12.3. The number of benzene rings is 1. The third kappa shape index (κ3) is 4.60. The molecule has 0 radical (unpaired) electrons. The van der Waals surface area contributed by atoms with Crippen LogP contribution in [0.1, 0.15) is 39.0 Å². The molecule has 178 valence electrons. The molecule has 0 aliphatic rings. The Kier molecular flexibility index (Phi) is 6.83. The molecule has 4 aromatic rings. The third-order valence-electron chi connectivity index (χ3n) is 5.76. The first-order chi connectivity index (χ1) is 16.4. The molecule has 9 nitrogen and oxygen atoms in total. The van der Waals surface area contributed by atoms with E-state index in [2.05, 4.69) is 20.5 Å². The molecular formula is C25H30N6O3. The van der Waals surface area contributed by atoms with Crippen molar-refractivity contribution in [1.29, 1.82) is 0 Å². The molecule has 0 amide bonds. The minimum Gasteiger partial charge on any atom is -0.496 e. The Morgan fingerprint density at radius 1 is 1.21 bits per heavy atom. The number of ether oxygens (including phenoxy) is 1. The fraction of sp³-hybridized carbons (Fsp3) is 0.320. The fourth-order valence-electron chi connectivity index (χ4n) is 3.64. The highest BCUT2D eigenvalue weighted by Crippen LogP contribution is 2.32. The van der Waals surface area contributed by atoms with Crippen LogP contribution in [0.25, 0.3) is 34.3 Å². The Bertz CT molecular complexity index is 1370. The first-order valence-corrected chi connectivity index (χ1v) is 11.2. The Morgan fingerprint density at radius 3 is 2.74 bits per heavy atom. The molecule has 0 saturated carbocycles. The second-order valence-corrected chi connectivity index (χ2v) is 8.09. The van der Waals surface area contributed by atoms with Gasteiger partial charge < -0.3 is 19.0 Å². The lowest BCUT2D eigenvalue weighted by molar-refractivity contribution is 0.413. The molecule has 0 aliphatic carbocycles. The van der Waals surface area contributed by atoms with E-state index in [-0.39, 0.29) is 18.9 Å². The van der Waals surface area contributed by atoms with Crippen molar-refractivity contribution in [3.05, 3.63) is 64.3 Å². The number of hydrogen-bond acceptors (Lipinski definition) is 8. The van der Waals surface area contributed by atoms with E-state index >= 15 is 0 Å². The molecule has 1 atom stereocenters. The van der Waals surface area contributed by atoms with Gasteiger partial charge in [0, 0.05) is 31.8 Å². The zero-order valence-electron chi connectivity index (χ0n) is 20.0. The van der Waals surface area contributed by atoms with Crippen LogP contribution in [0, 0.1) is 6.92 Å². The number of nitrogens with zero attached hydrogens (tertiary/aromatic N) is 5. The molecule has 4 rings (SSSR count). The molecule has 1 N–H and O–H groups in total. The average Bonchev–Trinajstić information content (AvgIpc) is 3.34. The van der Waals surface area contributed by atoms with Gasteiger partial charge in [0.15, 0.2) is 0 Å². The summed E-state index contributed by atoms with van der Waals surface area (Å²) >= 11 is 0. The zero-order chi connectivity index (χ0) is 24.2. The van der Waals surface area contributed by atoms with E-state index in [1.807, 2.05) is 52.2 Å². The van der Waals surface area contributed by atoms with Gasteiger partial charge in [-0.25, -0.2) is 4.98 Å². The van der Waals surface area contributed by atoms with Crippen LogP contribution in [-0.4, -0.2) is 38.9 Å². The van der Waals surface area contributed by atoms with Crippen LogP contribution in [0.2, 0.25) is 0 Å². The lowest BCUT2D eigenvalue weighted by atomic mass is 10.1. The van der Waals surface area contributed by atoms with E-state index in [4.69, 9.17) is 14.1 Å². The Balaban J connectivity index is 0.00000342. The monoisotopic (exact) mass is 462 g/mol. The molecule has 0 spiro atoms. The number of hydrogen-bond donors (Lipinski definition) is 1. The molecule has 1 aromatic carbocycles. The van der Waals surface area contributed by atoms with Crippen molar-refractivity contribution < 1.29 is 10.6 Å². The SMILES string of the molecule is CCC(C)n1cc(-c2cnc(C)c(-c3nnc(-c4ccc(CNC)cc4OC)o3)n2)ccc1=O.[HH]. The van der Waals surface area contributed by atoms with Crippen LogP contribution in [0.4, 0.5) is 0 Å². The minimum atomic E-state index is -0.0466. The first kappa shape index (κ1) is 23.3. The van der Waals surface area contributed by atoms with Crippen molar-refractivity contribution in [2.75, 3.05) is 14.2 Å². The van der Waals surface area contributed by atoms with Gasteiger partial charge in [-0.1, -0.05) is 13.0 Å². The molecule has 9 heteroatoms. The zero-order valence-corrected chi connectivity index (χ0v) is 20.0. The Morgan fingerprint density at radius 2 is 2.00 bits per heavy atom. The number of nitrogens with one attached hydrogen (secondary N) is 1. The molecule has 34 heavy (non-hydrogen) atoms. The van der Waals surface area contributed by atoms with Gasteiger partial charge in [-0.2, -0.15) is 0 Å². The summed E-state index contributed by atoms with van der Waals surface area (Å²) < 4.78 is 13.2. The fourth-order valence-corrected chi connectivity index (χ4v) is 3.64. The van der Waals surface area contributed by atoms with Crippen LogP contribution in [-0.2, 0) is 6.54 Å². The molecule has 0 fully saturated rings. The van der Waals surface area contributed by atoms with Gasteiger partial charge in [0.1, 0.15) is 11.4 Å². The smallest absolute Gasteiger partial charge is 0.268 e. The number of pyridine rings is 1. The summed E-state index contributed by atoms with van der Waals surface area (Å²) in [6.07, 6.45) is 4.34. The quantitative estimate of drug-likeness (QED) is 0.413. The standard InChI is InChI=1S/C25H28N6O3.H2/c1-6-15(2)31-14-18(8-10-22(31)32)20-13-27-16(3)23(28-20)25-30-29-24(34-25)19-9-7-17(12-26-4)11-21(19)33-5;/h7-11,13-15,26H,6,12H2,1-5H3;1H. The molecular weight excluding hydrogens is 432 g/mol. The van der Waals surface area contributed by atoms with Crippen LogP contribution in [0.3, 0.4) is 0 Å². The summed E-state index contributed by atoms with van der Waals surface area (Å²) in [5, 5.41) is 11.6. The van der Waals surface area contributed by atoms with Crippen LogP contribution < -0.4 is 15.6 Å². The van der Waals surface area contributed by atoms with Gasteiger partial charge in [0.05, 0.1) is 30.3 Å². The van der Waals surface area contributed by atoms with Gasteiger partial charge in [-0.05, 0) is 51.1 Å². The van der Waals surface area contributed by atoms with Crippen molar-refractivity contribution in [1.82, 2.24) is 30.0 Å². The third-order valence-corrected chi connectivity index (χ3v) is 5.76. The van der Waals surface area contributed by atoms with E-state index in [0.717, 1.165) is 24.1 Å². The Hall–Kier alpha value is -3.85. The highest BCUT2D eigenvalue weighted by atomic mass is 16.5. The number of aromatic nitrogens is 5. The number of rotatable bonds is 8. The summed E-state index contributed by atoms with van der Waals surface area (Å²) in [4.78, 5) is 21.5. The maximum Gasteiger partial charge on any atom is 0.268 e. The molecule has 3 aromatic heterocycles. The predicted molar refractivity (Wildman–Crippen MR) is 132 cm³/mol. The van der Waals surface area contributed by atoms with Crippen LogP contribution >= 0.6 is 0 Å². The molecule has 0 aliphatic heterocycles. The van der Waals surface area contributed by atoms with Gasteiger partial charge in [0.2, 0.25) is 0 Å². The van der Waals surface area contributed by atoms with E-state index in [9.17, 15) is 4.79 Å². The van der Waals surface area contributed by atoms with E-state index in [1.54, 1.807) is 30.0 Å². The van der Waals surface area contributed by atoms with Gasteiger partial charge in [0.25, 0.3) is 17.3 Å². The normalized spacial score (nSPS) is 12.0. The molecule has 0 saturated heterocycles. The van der Waals surface area contributed by atoms with Gasteiger partial charge >= 0.3 is 0 Å². The maximum atomic E-state index is 12.3. The summed E-state index contributed by atoms with van der Waals surface area (Å²) in [6, 6.07) is 9.21. The molecule has 0 bridgehead atoms. The number of aryl methyl sites for hydroxylation is 1. The summed E-state index contributed by atoms with van der Waals surface area (Å²) in [5.74, 6) is 1.24. The van der Waals surface area contributed by atoms with Gasteiger partial charge in [-0.3, -0.25) is 9.78 Å². The van der Waals surface area contributed by atoms with Crippen LogP contribution in [0.15, 0.2) is 51.9 Å². The van der Waals surface area contributed by atoms with Crippen LogP contribution in [0.5, 0.6) is 5.75 Å². The lowest BCUT2D eigenvalue weighted by Gasteiger charge is -2.14.